The fourth-order valence-electron chi connectivity index (χ4n) is 2.37. The maximum Gasteiger partial charge on any atom is 0.274 e. The number of aromatic nitrogens is 2. The zero-order valence-electron chi connectivity index (χ0n) is 12.6. The van der Waals surface area contributed by atoms with Crippen LogP contribution < -0.4 is 5.32 Å². The molecule has 0 aromatic carbocycles. The standard InChI is InChI=1S/C15H24N4O/c1-11(2)7-17-14-9-16-13(8-18-14)15(20)19-6-4-5-12(3)10-19/h8-9,11-12H,4-7,10H2,1-3H3,(H,17,18). The first-order valence-corrected chi connectivity index (χ1v) is 7.41. The van der Waals surface area contributed by atoms with Gasteiger partial charge in [-0.3, -0.25) is 4.79 Å². The SMILES string of the molecule is CC(C)CNc1cnc(C(=O)N2CCCC(C)C2)cn1. The summed E-state index contributed by atoms with van der Waals surface area (Å²) in [5, 5.41) is 3.20. The molecule has 1 amide bonds. The third-order valence-electron chi connectivity index (χ3n) is 3.51. The molecule has 5 nitrogen and oxygen atoms in total. The van der Waals surface area contributed by atoms with Gasteiger partial charge in [0.25, 0.3) is 5.91 Å². The average Bonchev–Trinajstić information content (AvgIpc) is 2.45. The summed E-state index contributed by atoms with van der Waals surface area (Å²) in [5.41, 5.74) is 0.439. The van der Waals surface area contributed by atoms with Gasteiger partial charge in [0.1, 0.15) is 11.5 Å². The summed E-state index contributed by atoms with van der Waals surface area (Å²) in [6.07, 6.45) is 5.50. The number of nitrogens with one attached hydrogen (secondary N) is 1. The molecule has 1 saturated heterocycles. The van der Waals surface area contributed by atoms with Crippen molar-refractivity contribution in [1.29, 1.82) is 0 Å². The lowest BCUT2D eigenvalue weighted by molar-refractivity contribution is 0.0676. The lowest BCUT2D eigenvalue weighted by Crippen LogP contribution is -2.39. The van der Waals surface area contributed by atoms with Gasteiger partial charge in [0.05, 0.1) is 12.4 Å². The Balaban J connectivity index is 1.96. The minimum absolute atomic E-state index is 0.000500. The Morgan fingerprint density at radius 1 is 1.45 bits per heavy atom. The molecule has 1 N–H and O–H groups in total. The largest absolute Gasteiger partial charge is 0.369 e. The number of amides is 1. The molecular weight excluding hydrogens is 252 g/mol. The highest BCUT2D eigenvalue weighted by Gasteiger charge is 2.22. The van der Waals surface area contributed by atoms with E-state index in [2.05, 4.69) is 36.1 Å². The third kappa shape index (κ3) is 3.92. The Morgan fingerprint density at radius 2 is 2.25 bits per heavy atom. The van der Waals surface area contributed by atoms with E-state index in [1.165, 1.54) is 6.42 Å². The van der Waals surface area contributed by atoms with E-state index >= 15 is 0 Å². The molecule has 0 aliphatic carbocycles. The number of piperidine rings is 1. The number of hydrogen-bond acceptors (Lipinski definition) is 4. The van der Waals surface area contributed by atoms with Gasteiger partial charge < -0.3 is 10.2 Å². The highest BCUT2D eigenvalue weighted by Crippen LogP contribution is 2.17. The first-order chi connectivity index (χ1) is 9.56. The highest BCUT2D eigenvalue weighted by atomic mass is 16.2. The van der Waals surface area contributed by atoms with Crippen molar-refractivity contribution in [2.24, 2.45) is 11.8 Å². The molecule has 1 fully saturated rings. The molecule has 1 aliphatic rings. The van der Waals surface area contributed by atoms with Crippen LogP contribution in [0.15, 0.2) is 12.4 Å². The number of hydrogen-bond donors (Lipinski definition) is 1. The van der Waals surface area contributed by atoms with Crippen LogP contribution in [-0.2, 0) is 0 Å². The van der Waals surface area contributed by atoms with Crippen molar-refractivity contribution >= 4 is 11.7 Å². The molecule has 1 aliphatic heterocycles. The molecule has 110 valence electrons. The molecule has 0 spiro atoms. The van der Waals surface area contributed by atoms with Crippen LogP contribution in [0, 0.1) is 11.8 Å². The van der Waals surface area contributed by atoms with Crippen LogP contribution in [-0.4, -0.2) is 40.4 Å². The molecule has 1 unspecified atom stereocenters. The maximum atomic E-state index is 12.3. The average molecular weight is 276 g/mol. The monoisotopic (exact) mass is 276 g/mol. The molecule has 1 atom stereocenters. The second-order valence-electron chi connectivity index (χ2n) is 6.06. The first kappa shape index (κ1) is 14.8. The van der Waals surface area contributed by atoms with Crippen molar-refractivity contribution in [2.45, 2.75) is 33.6 Å². The van der Waals surface area contributed by atoms with Gasteiger partial charge in [-0.05, 0) is 24.7 Å². The Kier molecular flexibility index (Phi) is 4.93. The van der Waals surface area contributed by atoms with Gasteiger partial charge in [0, 0.05) is 19.6 Å². The minimum Gasteiger partial charge on any atom is -0.369 e. The molecule has 1 aromatic rings. The summed E-state index contributed by atoms with van der Waals surface area (Å²) in [6.45, 7) is 8.97. The van der Waals surface area contributed by atoms with Crippen LogP contribution in [0.5, 0.6) is 0 Å². The number of rotatable bonds is 4. The second-order valence-corrected chi connectivity index (χ2v) is 6.06. The number of carbonyl (C=O) groups excluding carboxylic acids is 1. The van der Waals surface area contributed by atoms with E-state index in [4.69, 9.17) is 0 Å². The van der Waals surface area contributed by atoms with Crippen LogP contribution in [0.3, 0.4) is 0 Å². The molecule has 0 bridgehead atoms. The smallest absolute Gasteiger partial charge is 0.274 e. The third-order valence-corrected chi connectivity index (χ3v) is 3.51. The zero-order chi connectivity index (χ0) is 14.5. The number of anilines is 1. The predicted octanol–water partition coefficient (Wildman–Crippen LogP) is 2.42. The summed E-state index contributed by atoms with van der Waals surface area (Å²) in [4.78, 5) is 22.7. The normalized spacial score (nSPS) is 19.2. The van der Waals surface area contributed by atoms with Crippen LogP contribution in [0.1, 0.15) is 44.1 Å². The Bertz CT molecular complexity index is 444. The zero-order valence-corrected chi connectivity index (χ0v) is 12.6. The topological polar surface area (TPSA) is 58.1 Å². The van der Waals surface area contributed by atoms with Crippen LogP contribution >= 0.6 is 0 Å². The lowest BCUT2D eigenvalue weighted by Gasteiger charge is -2.30. The van der Waals surface area contributed by atoms with Crippen LogP contribution in [0.2, 0.25) is 0 Å². The van der Waals surface area contributed by atoms with Crippen molar-refractivity contribution in [3.8, 4) is 0 Å². The van der Waals surface area contributed by atoms with Crippen molar-refractivity contribution in [3.63, 3.8) is 0 Å². The Labute approximate surface area is 120 Å². The molecular formula is C15H24N4O. The number of carbonyl (C=O) groups is 1. The summed E-state index contributed by atoms with van der Waals surface area (Å²) in [6, 6.07) is 0. The lowest BCUT2D eigenvalue weighted by atomic mass is 10.0. The van der Waals surface area contributed by atoms with E-state index < -0.39 is 0 Å². The van der Waals surface area contributed by atoms with E-state index in [-0.39, 0.29) is 5.91 Å². The van der Waals surface area contributed by atoms with E-state index in [9.17, 15) is 4.79 Å². The van der Waals surface area contributed by atoms with Crippen molar-refractivity contribution in [2.75, 3.05) is 25.0 Å². The fourth-order valence-corrected chi connectivity index (χ4v) is 2.37. The summed E-state index contributed by atoms with van der Waals surface area (Å²) >= 11 is 0. The summed E-state index contributed by atoms with van der Waals surface area (Å²) in [7, 11) is 0. The molecule has 0 radical (unpaired) electrons. The van der Waals surface area contributed by atoms with E-state index in [1.807, 2.05) is 4.90 Å². The first-order valence-electron chi connectivity index (χ1n) is 7.41. The molecule has 2 heterocycles. The van der Waals surface area contributed by atoms with Gasteiger partial charge in [-0.25, -0.2) is 9.97 Å². The van der Waals surface area contributed by atoms with Crippen LogP contribution in [0.4, 0.5) is 5.82 Å². The predicted molar refractivity (Wildman–Crippen MR) is 79.7 cm³/mol. The van der Waals surface area contributed by atoms with Crippen LogP contribution in [0.25, 0.3) is 0 Å². The van der Waals surface area contributed by atoms with Crippen molar-refractivity contribution < 1.29 is 4.79 Å². The number of nitrogens with zero attached hydrogens (tertiary/aromatic N) is 3. The fraction of sp³-hybridized carbons (Fsp3) is 0.667. The molecule has 5 heteroatoms. The molecule has 1 aromatic heterocycles. The molecule has 0 saturated carbocycles. The van der Waals surface area contributed by atoms with Gasteiger partial charge in [-0.1, -0.05) is 20.8 Å². The maximum absolute atomic E-state index is 12.3. The van der Waals surface area contributed by atoms with E-state index in [1.54, 1.807) is 12.4 Å². The molecule has 2 rings (SSSR count). The van der Waals surface area contributed by atoms with Crippen molar-refractivity contribution in [1.82, 2.24) is 14.9 Å². The van der Waals surface area contributed by atoms with Gasteiger partial charge in [-0.2, -0.15) is 0 Å². The minimum atomic E-state index is -0.000500. The molecule has 20 heavy (non-hydrogen) atoms. The highest BCUT2D eigenvalue weighted by molar-refractivity contribution is 5.92. The van der Waals surface area contributed by atoms with Gasteiger partial charge >= 0.3 is 0 Å². The second kappa shape index (κ2) is 6.68. The summed E-state index contributed by atoms with van der Waals surface area (Å²) in [5.74, 6) is 1.85. The quantitative estimate of drug-likeness (QED) is 0.917. The Morgan fingerprint density at radius 3 is 2.85 bits per heavy atom. The van der Waals surface area contributed by atoms with Gasteiger partial charge in [-0.15, -0.1) is 0 Å². The van der Waals surface area contributed by atoms with Crippen molar-refractivity contribution in [3.05, 3.63) is 18.1 Å². The van der Waals surface area contributed by atoms with E-state index in [0.717, 1.165) is 31.9 Å². The van der Waals surface area contributed by atoms with Gasteiger partial charge in [0.2, 0.25) is 0 Å². The van der Waals surface area contributed by atoms with Gasteiger partial charge in [0.15, 0.2) is 0 Å². The van der Waals surface area contributed by atoms with E-state index in [0.29, 0.717) is 17.5 Å². The summed E-state index contributed by atoms with van der Waals surface area (Å²) < 4.78 is 0. The number of likely N-dealkylation sites (tertiary alicyclic amines) is 1. The Hall–Kier alpha value is -1.65.